The molecule has 3 aromatic rings. The van der Waals surface area contributed by atoms with E-state index in [-0.39, 0.29) is 0 Å². The Labute approximate surface area is 152 Å². The van der Waals surface area contributed by atoms with E-state index in [2.05, 4.69) is 51.5 Å². The van der Waals surface area contributed by atoms with Crippen molar-refractivity contribution < 1.29 is 0 Å². The van der Waals surface area contributed by atoms with Gasteiger partial charge in [0.05, 0.1) is 11.2 Å². The van der Waals surface area contributed by atoms with Crippen molar-refractivity contribution in [1.82, 2.24) is 15.3 Å². The highest BCUT2D eigenvalue weighted by atomic mass is 32.1. The Hall–Kier alpha value is -1.98. The summed E-state index contributed by atoms with van der Waals surface area (Å²) in [6.45, 7) is 3.02. The molecule has 4 rings (SSSR count). The van der Waals surface area contributed by atoms with Crippen molar-refractivity contribution in [3.05, 3.63) is 52.3 Å². The normalized spacial score (nSPS) is 20.7. The van der Waals surface area contributed by atoms with Crippen LogP contribution >= 0.6 is 11.3 Å². The highest BCUT2D eigenvalue weighted by molar-refractivity contribution is 7.07. The van der Waals surface area contributed by atoms with Gasteiger partial charge in [-0.05, 0) is 61.1 Å². The van der Waals surface area contributed by atoms with E-state index in [0.717, 1.165) is 35.5 Å². The third-order valence-corrected chi connectivity index (χ3v) is 5.71. The second-order valence-electron chi connectivity index (χ2n) is 6.87. The van der Waals surface area contributed by atoms with Crippen molar-refractivity contribution in [3.8, 4) is 0 Å². The van der Waals surface area contributed by atoms with Crippen molar-refractivity contribution in [2.75, 3.05) is 5.32 Å². The molecule has 0 spiro atoms. The molecule has 1 saturated carbocycles. The van der Waals surface area contributed by atoms with Gasteiger partial charge in [0.2, 0.25) is 5.95 Å². The Morgan fingerprint density at radius 3 is 2.88 bits per heavy atom. The maximum Gasteiger partial charge on any atom is 0.223 e. The number of nitrogens with zero attached hydrogens (tertiary/aromatic N) is 2. The zero-order valence-corrected chi connectivity index (χ0v) is 15.4. The van der Waals surface area contributed by atoms with Gasteiger partial charge in [-0.2, -0.15) is 11.3 Å². The van der Waals surface area contributed by atoms with Crippen molar-refractivity contribution in [1.29, 1.82) is 0 Å². The number of thiophene rings is 1. The summed E-state index contributed by atoms with van der Waals surface area (Å²) in [6.07, 6.45) is 4.80. The molecule has 0 radical (unpaired) electrons. The molecule has 0 aliphatic heterocycles. The van der Waals surface area contributed by atoms with Crippen LogP contribution in [0.5, 0.6) is 0 Å². The third-order valence-electron chi connectivity index (χ3n) is 4.98. The second-order valence-corrected chi connectivity index (χ2v) is 7.65. The van der Waals surface area contributed by atoms with Gasteiger partial charge in [-0.1, -0.05) is 18.2 Å². The van der Waals surface area contributed by atoms with Gasteiger partial charge in [0, 0.05) is 24.0 Å². The number of aromatic nitrogens is 2. The Morgan fingerprint density at radius 1 is 1.12 bits per heavy atom. The van der Waals surface area contributed by atoms with Crippen molar-refractivity contribution >= 4 is 28.2 Å². The number of aryl methyl sites for hydroxylation is 1. The van der Waals surface area contributed by atoms with Crippen LogP contribution in [0.15, 0.2) is 41.1 Å². The number of nitrogens with one attached hydrogen (secondary N) is 2. The molecular formula is C20H24N4S. The fourth-order valence-electron chi connectivity index (χ4n) is 3.64. The van der Waals surface area contributed by atoms with Crippen LogP contribution < -0.4 is 10.6 Å². The van der Waals surface area contributed by atoms with Gasteiger partial charge in [0.25, 0.3) is 0 Å². The van der Waals surface area contributed by atoms with Crippen LogP contribution in [0.4, 0.5) is 5.95 Å². The standard InChI is InChI=1S/C20H24N4S/c1-14-18-7-2-3-8-19(18)24-20(22-14)23-17-6-4-5-16(11-17)21-12-15-9-10-25-13-15/h2-3,7-10,13,16-17,21H,4-6,11-12H2,1H3,(H,22,23,24). The van der Waals surface area contributed by atoms with Crippen molar-refractivity contribution in [2.24, 2.45) is 0 Å². The Bertz CT molecular complexity index is 831. The Kier molecular flexibility index (Phi) is 4.95. The zero-order valence-electron chi connectivity index (χ0n) is 14.5. The highest BCUT2D eigenvalue weighted by Crippen LogP contribution is 2.23. The Morgan fingerprint density at radius 2 is 2.00 bits per heavy atom. The average molecular weight is 353 g/mol. The van der Waals surface area contributed by atoms with Gasteiger partial charge in [0.15, 0.2) is 0 Å². The van der Waals surface area contributed by atoms with E-state index >= 15 is 0 Å². The minimum absolute atomic E-state index is 0.439. The molecule has 0 amide bonds. The van der Waals surface area contributed by atoms with Gasteiger partial charge in [-0.25, -0.2) is 9.97 Å². The highest BCUT2D eigenvalue weighted by Gasteiger charge is 2.22. The topological polar surface area (TPSA) is 49.8 Å². The van der Waals surface area contributed by atoms with E-state index in [1.165, 1.54) is 24.8 Å². The molecule has 1 fully saturated rings. The predicted molar refractivity (Wildman–Crippen MR) is 105 cm³/mol. The minimum atomic E-state index is 0.439. The van der Waals surface area contributed by atoms with Gasteiger partial charge in [0.1, 0.15) is 0 Å². The number of benzene rings is 1. The molecule has 25 heavy (non-hydrogen) atoms. The molecule has 2 aromatic heterocycles. The maximum absolute atomic E-state index is 4.70. The first-order valence-corrected chi connectivity index (χ1v) is 9.96. The smallest absolute Gasteiger partial charge is 0.223 e. The van der Waals surface area contributed by atoms with Crippen molar-refractivity contribution in [2.45, 2.75) is 51.2 Å². The fourth-order valence-corrected chi connectivity index (χ4v) is 4.31. The van der Waals surface area contributed by atoms with E-state index in [9.17, 15) is 0 Å². The summed E-state index contributed by atoms with van der Waals surface area (Å²) in [6, 6.07) is 11.4. The summed E-state index contributed by atoms with van der Waals surface area (Å²) in [5.74, 6) is 0.764. The van der Waals surface area contributed by atoms with Gasteiger partial charge >= 0.3 is 0 Å². The summed E-state index contributed by atoms with van der Waals surface area (Å²) in [5.41, 5.74) is 3.44. The lowest BCUT2D eigenvalue weighted by molar-refractivity contribution is 0.350. The number of rotatable bonds is 5. The molecule has 1 aromatic carbocycles. The summed E-state index contributed by atoms with van der Waals surface area (Å²) in [4.78, 5) is 9.37. The molecule has 2 atom stereocenters. The molecule has 5 heteroatoms. The van der Waals surface area contributed by atoms with Crippen LogP contribution in [-0.2, 0) is 6.54 Å². The van der Waals surface area contributed by atoms with Crippen molar-refractivity contribution in [3.63, 3.8) is 0 Å². The number of hydrogen-bond donors (Lipinski definition) is 2. The molecule has 1 aliphatic carbocycles. The monoisotopic (exact) mass is 352 g/mol. The SMILES string of the molecule is Cc1nc(NC2CCCC(NCc3ccsc3)C2)nc2ccccc12. The summed E-state index contributed by atoms with van der Waals surface area (Å²) in [5, 5.41) is 12.8. The summed E-state index contributed by atoms with van der Waals surface area (Å²) in [7, 11) is 0. The molecule has 1 aliphatic rings. The maximum atomic E-state index is 4.70. The zero-order chi connectivity index (χ0) is 17.1. The molecule has 0 bridgehead atoms. The molecule has 2 heterocycles. The second kappa shape index (κ2) is 7.50. The van der Waals surface area contributed by atoms with E-state index in [4.69, 9.17) is 4.98 Å². The van der Waals surface area contributed by atoms with Crippen LogP contribution in [0.3, 0.4) is 0 Å². The van der Waals surface area contributed by atoms with E-state index in [1.807, 2.05) is 12.1 Å². The predicted octanol–water partition coefficient (Wildman–Crippen LogP) is 4.51. The van der Waals surface area contributed by atoms with Gasteiger partial charge in [-0.3, -0.25) is 0 Å². The van der Waals surface area contributed by atoms with Crippen LogP contribution in [0.2, 0.25) is 0 Å². The summed E-state index contributed by atoms with van der Waals surface area (Å²) >= 11 is 1.76. The fraction of sp³-hybridized carbons (Fsp3) is 0.400. The molecule has 4 nitrogen and oxygen atoms in total. The molecule has 130 valence electrons. The largest absolute Gasteiger partial charge is 0.351 e. The van der Waals surface area contributed by atoms with E-state index in [1.54, 1.807) is 11.3 Å². The summed E-state index contributed by atoms with van der Waals surface area (Å²) < 4.78 is 0. The molecular weight excluding hydrogens is 328 g/mol. The number of fused-ring (bicyclic) bond motifs is 1. The van der Waals surface area contributed by atoms with Crippen LogP contribution in [0.25, 0.3) is 10.9 Å². The number of hydrogen-bond acceptors (Lipinski definition) is 5. The lowest BCUT2D eigenvalue weighted by Gasteiger charge is -2.30. The first-order chi connectivity index (χ1) is 12.3. The minimum Gasteiger partial charge on any atom is -0.351 e. The van der Waals surface area contributed by atoms with E-state index < -0.39 is 0 Å². The van der Waals surface area contributed by atoms with Crippen LogP contribution in [-0.4, -0.2) is 22.1 Å². The molecule has 2 N–H and O–H groups in total. The van der Waals surface area contributed by atoms with Gasteiger partial charge < -0.3 is 10.6 Å². The van der Waals surface area contributed by atoms with Crippen LogP contribution in [0, 0.1) is 6.92 Å². The van der Waals surface area contributed by atoms with Gasteiger partial charge in [-0.15, -0.1) is 0 Å². The molecule has 2 unspecified atom stereocenters. The number of anilines is 1. The molecule has 0 saturated heterocycles. The van der Waals surface area contributed by atoms with Crippen LogP contribution in [0.1, 0.15) is 36.9 Å². The first-order valence-electron chi connectivity index (χ1n) is 9.02. The number of para-hydroxylation sites is 1. The lowest BCUT2D eigenvalue weighted by Crippen LogP contribution is -2.38. The quantitative estimate of drug-likeness (QED) is 0.709. The first kappa shape index (κ1) is 16.5. The lowest BCUT2D eigenvalue weighted by atomic mass is 9.91. The third kappa shape index (κ3) is 3.99. The van der Waals surface area contributed by atoms with E-state index in [0.29, 0.717) is 12.1 Å². The Balaban J connectivity index is 1.40. The average Bonchev–Trinajstić information content (AvgIpc) is 3.14.